The van der Waals surface area contributed by atoms with E-state index in [0.717, 1.165) is 5.92 Å². The summed E-state index contributed by atoms with van der Waals surface area (Å²) in [5.74, 6) is 0.788. The summed E-state index contributed by atoms with van der Waals surface area (Å²) in [4.78, 5) is 0. The lowest BCUT2D eigenvalue weighted by atomic mass is 9.72. The van der Waals surface area contributed by atoms with Crippen LogP contribution in [-0.4, -0.2) is 25.8 Å². The minimum atomic E-state index is 0.0303. The first kappa shape index (κ1) is 15.1. The standard InChI is InChI=1S/C17H31NO/c1-14-9-8-12-17(13-14,19-3)16(18-2)15-10-6-4-5-7-11-15/h10,14,16,18H,4-9,11-13H2,1-3H3. The summed E-state index contributed by atoms with van der Waals surface area (Å²) < 4.78 is 6.09. The third-order valence-electron chi connectivity index (χ3n) is 5.16. The lowest BCUT2D eigenvalue weighted by Gasteiger charge is -2.45. The first-order valence-electron chi connectivity index (χ1n) is 8.13. The molecule has 0 amide bonds. The molecule has 0 saturated heterocycles. The maximum absolute atomic E-state index is 6.09. The van der Waals surface area contributed by atoms with Crippen LogP contribution < -0.4 is 5.32 Å². The number of hydrogen-bond donors (Lipinski definition) is 1. The zero-order chi connectivity index (χ0) is 13.7. The number of ether oxygens (including phenoxy) is 1. The van der Waals surface area contributed by atoms with Crippen molar-refractivity contribution in [2.24, 2.45) is 5.92 Å². The molecule has 2 rings (SSSR count). The maximum Gasteiger partial charge on any atom is 0.0871 e. The van der Waals surface area contributed by atoms with Crippen LogP contribution in [0.4, 0.5) is 0 Å². The van der Waals surface area contributed by atoms with Crippen molar-refractivity contribution in [3.05, 3.63) is 11.6 Å². The number of nitrogens with one attached hydrogen (secondary N) is 1. The number of methoxy groups -OCH3 is 1. The molecule has 19 heavy (non-hydrogen) atoms. The van der Waals surface area contributed by atoms with E-state index in [1.54, 1.807) is 5.57 Å². The molecule has 3 atom stereocenters. The topological polar surface area (TPSA) is 21.3 Å². The Bertz CT molecular complexity index is 312. The fourth-order valence-electron chi connectivity index (χ4n) is 4.20. The van der Waals surface area contributed by atoms with Gasteiger partial charge in [0, 0.05) is 7.11 Å². The van der Waals surface area contributed by atoms with Crippen LogP contribution in [0.5, 0.6) is 0 Å². The smallest absolute Gasteiger partial charge is 0.0871 e. The van der Waals surface area contributed by atoms with Crippen molar-refractivity contribution in [2.75, 3.05) is 14.2 Å². The van der Waals surface area contributed by atoms with Crippen LogP contribution in [0, 0.1) is 5.92 Å². The first-order valence-corrected chi connectivity index (χ1v) is 8.13. The van der Waals surface area contributed by atoms with Gasteiger partial charge < -0.3 is 10.1 Å². The van der Waals surface area contributed by atoms with Gasteiger partial charge in [-0.15, -0.1) is 0 Å². The molecule has 0 bridgehead atoms. The average Bonchev–Trinajstić information content (AvgIpc) is 2.69. The van der Waals surface area contributed by atoms with Gasteiger partial charge in [0.1, 0.15) is 0 Å². The highest BCUT2D eigenvalue weighted by atomic mass is 16.5. The van der Waals surface area contributed by atoms with Gasteiger partial charge >= 0.3 is 0 Å². The van der Waals surface area contributed by atoms with Crippen molar-refractivity contribution in [1.29, 1.82) is 0 Å². The second-order valence-electron chi connectivity index (χ2n) is 6.57. The summed E-state index contributed by atoms with van der Waals surface area (Å²) in [6, 6.07) is 0.415. The van der Waals surface area contributed by atoms with Gasteiger partial charge in [-0.3, -0.25) is 0 Å². The molecule has 0 spiro atoms. The maximum atomic E-state index is 6.09. The fraction of sp³-hybridized carbons (Fsp3) is 0.882. The zero-order valence-corrected chi connectivity index (χ0v) is 13.0. The molecule has 0 aromatic carbocycles. The SMILES string of the molecule is CNC(C1=CCCCCC1)C1(OC)CCCC(C)C1. The molecule has 0 aromatic rings. The number of hydrogen-bond acceptors (Lipinski definition) is 2. The fourth-order valence-corrected chi connectivity index (χ4v) is 4.20. The second-order valence-corrected chi connectivity index (χ2v) is 6.57. The third-order valence-corrected chi connectivity index (χ3v) is 5.16. The summed E-state index contributed by atoms with van der Waals surface area (Å²) in [5.41, 5.74) is 1.64. The number of rotatable bonds is 4. The van der Waals surface area contributed by atoms with Crippen LogP contribution in [0.25, 0.3) is 0 Å². The Hall–Kier alpha value is -0.340. The van der Waals surface area contributed by atoms with Crippen molar-refractivity contribution in [3.63, 3.8) is 0 Å². The van der Waals surface area contributed by atoms with Gasteiger partial charge in [-0.25, -0.2) is 0 Å². The van der Waals surface area contributed by atoms with Crippen LogP contribution in [0.3, 0.4) is 0 Å². The summed E-state index contributed by atoms with van der Waals surface area (Å²) in [7, 11) is 4.02. The van der Waals surface area contributed by atoms with Crippen LogP contribution in [0.1, 0.15) is 64.7 Å². The second kappa shape index (κ2) is 6.90. The van der Waals surface area contributed by atoms with E-state index in [1.807, 2.05) is 7.11 Å². The van der Waals surface area contributed by atoms with Gasteiger partial charge in [0.25, 0.3) is 0 Å². The van der Waals surface area contributed by atoms with Gasteiger partial charge in [0.05, 0.1) is 11.6 Å². The highest BCUT2D eigenvalue weighted by Crippen LogP contribution is 2.40. The van der Waals surface area contributed by atoms with Crippen molar-refractivity contribution in [2.45, 2.75) is 76.4 Å². The predicted octanol–water partition coefficient (Wildman–Crippen LogP) is 4.06. The molecule has 1 fully saturated rings. The molecule has 0 aromatic heterocycles. The Kier molecular flexibility index (Phi) is 5.47. The monoisotopic (exact) mass is 265 g/mol. The van der Waals surface area contributed by atoms with E-state index in [0.29, 0.717) is 6.04 Å². The summed E-state index contributed by atoms with van der Waals surface area (Å²) >= 11 is 0. The Morgan fingerprint density at radius 3 is 2.84 bits per heavy atom. The highest BCUT2D eigenvalue weighted by Gasteiger charge is 2.42. The third kappa shape index (κ3) is 3.41. The van der Waals surface area contributed by atoms with Crippen molar-refractivity contribution in [1.82, 2.24) is 5.32 Å². The predicted molar refractivity (Wildman–Crippen MR) is 81.4 cm³/mol. The Balaban J connectivity index is 2.19. The Morgan fingerprint density at radius 2 is 2.16 bits per heavy atom. The van der Waals surface area contributed by atoms with Crippen molar-refractivity contribution in [3.8, 4) is 0 Å². The van der Waals surface area contributed by atoms with Crippen LogP contribution in [0.15, 0.2) is 11.6 Å². The van der Waals surface area contributed by atoms with E-state index >= 15 is 0 Å². The lowest BCUT2D eigenvalue weighted by molar-refractivity contribution is -0.0700. The van der Waals surface area contributed by atoms with E-state index in [-0.39, 0.29) is 5.60 Å². The molecular formula is C17H31NO. The van der Waals surface area contributed by atoms with Gasteiger partial charge in [-0.1, -0.05) is 37.8 Å². The quantitative estimate of drug-likeness (QED) is 0.774. The molecule has 2 aliphatic carbocycles. The van der Waals surface area contributed by atoms with Crippen molar-refractivity contribution >= 4 is 0 Å². The average molecular weight is 265 g/mol. The van der Waals surface area contributed by atoms with Gasteiger partial charge in [0.15, 0.2) is 0 Å². The molecule has 1 saturated carbocycles. The molecular weight excluding hydrogens is 234 g/mol. The van der Waals surface area contributed by atoms with Crippen LogP contribution in [-0.2, 0) is 4.74 Å². The zero-order valence-electron chi connectivity index (χ0n) is 13.0. The molecule has 0 heterocycles. The summed E-state index contributed by atoms with van der Waals surface area (Å²) in [5, 5.41) is 3.59. The molecule has 1 N–H and O–H groups in total. The van der Waals surface area contributed by atoms with E-state index in [2.05, 4.69) is 25.4 Å². The molecule has 2 aliphatic rings. The van der Waals surface area contributed by atoms with Crippen LogP contribution in [0.2, 0.25) is 0 Å². The van der Waals surface area contributed by atoms with Crippen molar-refractivity contribution < 1.29 is 4.74 Å². The largest absolute Gasteiger partial charge is 0.376 e. The molecule has 2 heteroatoms. The highest BCUT2D eigenvalue weighted by molar-refractivity contribution is 5.19. The number of allylic oxidation sites excluding steroid dienone is 1. The summed E-state index contributed by atoms with van der Waals surface area (Å²) in [6.07, 6.45) is 14.2. The molecule has 2 nitrogen and oxygen atoms in total. The van der Waals surface area contributed by atoms with E-state index in [4.69, 9.17) is 4.74 Å². The summed E-state index contributed by atoms with van der Waals surface area (Å²) in [6.45, 7) is 2.38. The molecule has 3 unspecified atom stereocenters. The van der Waals surface area contributed by atoms with Gasteiger partial charge in [-0.2, -0.15) is 0 Å². The van der Waals surface area contributed by atoms with E-state index in [1.165, 1.54) is 57.8 Å². The molecule has 0 aliphatic heterocycles. The lowest BCUT2D eigenvalue weighted by Crippen LogP contribution is -2.54. The first-order chi connectivity index (χ1) is 9.22. The molecule has 0 radical (unpaired) electrons. The van der Waals surface area contributed by atoms with Gasteiger partial charge in [-0.05, 0) is 51.5 Å². The minimum Gasteiger partial charge on any atom is -0.376 e. The minimum absolute atomic E-state index is 0.0303. The van der Waals surface area contributed by atoms with E-state index < -0.39 is 0 Å². The Labute approximate surface area is 119 Å². The normalized spacial score (nSPS) is 34.5. The molecule has 110 valence electrons. The van der Waals surface area contributed by atoms with E-state index in [9.17, 15) is 0 Å². The number of likely N-dealkylation sites (N-methyl/N-ethyl adjacent to an activating group) is 1. The van der Waals surface area contributed by atoms with Gasteiger partial charge in [0.2, 0.25) is 0 Å². The Morgan fingerprint density at radius 1 is 1.32 bits per heavy atom. The van der Waals surface area contributed by atoms with Crippen LogP contribution >= 0.6 is 0 Å².